The van der Waals surface area contributed by atoms with Gasteiger partial charge >= 0.3 is 12.1 Å². The summed E-state index contributed by atoms with van der Waals surface area (Å²) in [7, 11) is -3.70. The molecular weight excluding hydrogens is 420 g/mol. The molecular formula is C22H28N2O6S. The Morgan fingerprint density at radius 2 is 1.61 bits per heavy atom. The number of alkyl carbamates (subject to hydrolysis) is 1. The van der Waals surface area contributed by atoms with Gasteiger partial charge in [0.05, 0.1) is 11.5 Å². The number of anilines is 1. The van der Waals surface area contributed by atoms with Gasteiger partial charge in [0.1, 0.15) is 11.6 Å². The van der Waals surface area contributed by atoms with Gasteiger partial charge in [0.25, 0.3) is 10.0 Å². The highest BCUT2D eigenvalue weighted by Gasteiger charge is 2.25. The third-order valence-electron chi connectivity index (χ3n) is 3.96. The van der Waals surface area contributed by atoms with Gasteiger partial charge in [-0.1, -0.05) is 30.3 Å². The first-order chi connectivity index (χ1) is 14.5. The van der Waals surface area contributed by atoms with Crippen molar-refractivity contribution in [3.8, 4) is 0 Å². The standard InChI is InChI=1S/C22H28N2O6S/c1-5-29-20(25)19(23-21(26)30-22(2,3)4)15-16-11-13-17(14-12-16)24-31(27,28)18-9-7-6-8-10-18/h6-14,19,24H,5,15H2,1-4H3,(H,23,26)/t19-/m0/s1. The number of sulfonamides is 1. The normalized spacial score (nSPS) is 12.5. The SMILES string of the molecule is CCOC(=O)[C@H](Cc1ccc(NS(=O)(=O)c2ccccc2)cc1)NC(=O)OC(C)(C)C. The molecule has 0 aliphatic carbocycles. The molecule has 0 bridgehead atoms. The monoisotopic (exact) mass is 448 g/mol. The largest absolute Gasteiger partial charge is 0.464 e. The zero-order valence-electron chi connectivity index (χ0n) is 18.0. The van der Waals surface area contributed by atoms with Gasteiger partial charge in [0.15, 0.2) is 0 Å². The van der Waals surface area contributed by atoms with E-state index in [-0.39, 0.29) is 17.9 Å². The maximum atomic E-state index is 12.4. The van der Waals surface area contributed by atoms with E-state index < -0.39 is 33.7 Å². The second-order valence-electron chi connectivity index (χ2n) is 7.77. The third kappa shape index (κ3) is 7.93. The molecule has 0 heterocycles. The van der Waals surface area contributed by atoms with Crippen LogP contribution in [0, 0.1) is 0 Å². The maximum Gasteiger partial charge on any atom is 0.408 e. The fourth-order valence-corrected chi connectivity index (χ4v) is 3.72. The van der Waals surface area contributed by atoms with Crippen molar-refractivity contribution >= 4 is 27.8 Å². The number of ether oxygens (including phenoxy) is 2. The maximum absolute atomic E-state index is 12.4. The lowest BCUT2D eigenvalue weighted by atomic mass is 10.1. The van der Waals surface area contributed by atoms with E-state index in [0.29, 0.717) is 11.3 Å². The molecule has 1 atom stereocenters. The van der Waals surface area contributed by atoms with E-state index in [2.05, 4.69) is 10.0 Å². The van der Waals surface area contributed by atoms with Gasteiger partial charge in [0.2, 0.25) is 0 Å². The second-order valence-corrected chi connectivity index (χ2v) is 9.45. The first-order valence-corrected chi connectivity index (χ1v) is 11.3. The van der Waals surface area contributed by atoms with Crippen LogP contribution in [0.4, 0.5) is 10.5 Å². The van der Waals surface area contributed by atoms with Crippen molar-refractivity contribution in [2.45, 2.75) is 50.7 Å². The van der Waals surface area contributed by atoms with Crippen LogP contribution in [-0.4, -0.2) is 38.7 Å². The lowest BCUT2D eigenvalue weighted by molar-refractivity contribution is -0.145. The quantitative estimate of drug-likeness (QED) is 0.598. The van der Waals surface area contributed by atoms with Gasteiger partial charge in [-0.3, -0.25) is 4.72 Å². The minimum absolute atomic E-state index is 0.156. The number of esters is 1. The number of rotatable bonds is 8. The Bertz CT molecular complexity index is 983. The van der Waals surface area contributed by atoms with Crippen molar-refractivity contribution in [1.82, 2.24) is 5.32 Å². The number of hydrogen-bond acceptors (Lipinski definition) is 6. The van der Waals surface area contributed by atoms with Crippen LogP contribution in [0.2, 0.25) is 0 Å². The highest BCUT2D eigenvalue weighted by Crippen LogP contribution is 2.17. The predicted octanol–water partition coefficient (Wildman–Crippen LogP) is 3.49. The van der Waals surface area contributed by atoms with Crippen molar-refractivity contribution in [2.24, 2.45) is 0 Å². The summed E-state index contributed by atoms with van der Waals surface area (Å²) in [5, 5.41) is 2.53. The molecule has 0 aliphatic rings. The van der Waals surface area contributed by atoms with Crippen LogP contribution >= 0.6 is 0 Å². The van der Waals surface area contributed by atoms with Crippen LogP contribution in [-0.2, 0) is 30.7 Å². The molecule has 9 heteroatoms. The number of carbonyl (C=O) groups is 2. The summed E-state index contributed by atoms with van der Waals surface area (Å²) in [4.78, 5) is 24.5. The lowest BCUT2D eigenvalue weighted by Crippen LogP contribution is -2.45. The smallest absolute Gasteiger partial charge is 0.408 e. The number of hydrogen-bond donors (Lipinski definition) is 2. The first-order valence-electron chi connectivity index (χ1n) is 9.83. The molecule has 0 saturated heterocycles. The zero-order valence-corrected chi connectivity index (χ0v) is 18.9. The van der Waals surface area contributed by atoms with Crippen LogP contribution in [0.3, 0.4) is 0 Å². The third-order valence-corrected chi connectivity index (χ3v) is 5.36. The average Bonchev–Trinajstić information content (AvgIpc) is 2.68. The van der Waals surface area contributed by atoms with E-state index in [4.69, 9.17) is 9.47 Å². The van der Waals surface area contributed by atoms with Gasteiger partial charge in [-0.2, -0.15) is 0 Å². The van der Waals surface area contributed by atoms with E-state index >= 15 is 0 Å². The van der Waals surface area contributed by atoms with E-state index in [1.807, 2.05) is 0 Å². The van der Waals surface area contributed by atoms with Gasteiger partial charge < -0.3 is 14.8 Å². The summed E-state index contributed by atoms with van der Waals surface area (Å²) in [6.07, 6.45) is -0.568. The topological polar surface area (TPSA) is 111 Å². The zero-order chi connectivity index (χ0) is 23.1. The number of nitrogens with one attached hydrogen (secondary N) is 2. The molecule has 0 aliphatic heterocycles. The van der Waals surface area contributed by atoms with Crippen LogP contribution < -0.4 is 10.0 Å². The molecule has 0 saturated carbocycles. The molecule has 0 aromatic heterocycles. The van der Waals surface area contributed by atoms with Crippen LogP contribution in [0.1, 0.15) is 33.3 Å². The van der Waals surface area contributed by atoms with E-state index in [0.717, 1.165) is 0 Å². The first kappa shape index (κ1) is 24.2. The summed E-state index contributed by atoms with van der Waals surface area (Å²) in [5.74, 6) is -0.581. The number of benzene rings is 2. The molecule has 1 amide bonds. The van der Waals surface area contributed by atoms with E-state index in [1.54, 1.807) is 70.2 Å². The summed E-state index contributed by atoms with van der Waals surface area (Å²) in [6, 6.07) is 13.6. The van der Waals surface area contributed by atoms with Crippen LogP contribution in [0.25, 0.3) is 0 Å². The Hall–Kier alpha value is -3.07. The second kappa shape index (κ2) is 10.3. The lowest BCUT2D eigenvalue weighted by Gasteiger charge is -2.23. The average molecular weight is 449 g/mol. The minimum Gasteiger partial charge on any atom is -0.464 e. The predicted molar refractivity (Wildman–Crippen MR) is 117 cm³/mol. The molecule has 0 fully saturated rings. The number of carbonyl (C=O) groups excluding carboxylic acids is 2. The van der Waals surface area contributed by atoms with Crippen molar-refractivity contribution in [3.63, 3.8) is 0 Å². The molecule has 0 spiro atoms. The fraction of sp³-hybridized carbons (Fsp3) is 0.364. The summed E-state index contributed by atoms with van der Waals surface area (Å²) in [6.45, 7) is 7.02. The van der Waals surface area contributed by atoms with E-state index in [1.165, 1.54) is 12.1 Å². The Morgan fingerprint density at radius 1 is 1.00 bits per heavy atom. The highest BCUT2D eigenvalue weighted by molar-refractivity contribution is 7.92. The van der Waals surface area contributed by atoms with Crippen molar-refractivity contribution in [3.05, 3.63) is 60.2 Å². The Balaban J connectivity index is 2.09. The Labute approximate surface area is 183 Å². The molecule has 0 unspecified atom stereocenters. The van der Waals surface area contributed by atoms with Crippen LogP contribution in [0.5, 0.6) is 0 Å². The van der Waals surface area contributed by atoms with Gasteiger partial charge in [0, 0.05) is 12.1 Å². The van der Waals surface area contributed by atoms with Crippen LogP contribution in [0.15, 0.2) is 59.5 Å². The summed E-state index contributed by atoms with van der Waals surface area (Å²) < 4.78 is 37.6. The number of amides is 1. The van der Waals surface area contributed by atoms with Crippen molar-refractivity contribution < 1.29 is 27.5 Å². The minimum atomic E-state index is -3.70. The van der Waals surface area contributed by atoms with E-state index in [9.17, 15) is 18.0 Å². The molecule has 2 aromatic rings. The van der Waals surface area contributed by atoms with Crippen molar-refractivity contribution in [2.75, 3.05) is 11.3 Å². The molecule has 2 N–H and O–H groups in total. The fourth-order valence-electron chi connectivity index (χ4n) is 2.64. The van der Waals surface area contributed by atoms with Crippen molar-refractivity contribution in [1.29, 1.82) is 0 Å². The summed E-state index contributed by atoms with van der Waals surface area (Å²) >= 11 is 0. The molecule has 2 aromatic carbocycles. The van der Waals surface area contributed by atoms with Gasteiger partial charge in [-0.15, -0.1) is 0 Å². The highest BCUT2D eigenvalue weighted by atomic mass is 32.2. The molecule has 168 valence electrons. The van der Waals surface area contributed by atoms with Gasteiger partial charge in [-0.05, 0) is 57.5 Å². The van der Waals surface area contributed by atoms with Gasteiger partial charge in [-0.25, -0.2) is 18.0 Å². The Kier molecular flexibility index (Phi) is 8.04. The Morgan fingerprint density at radius 3 is 2.16 bits per heavy atom. The molecule has 0 radical (unpaired) electrons. The molecule has 31 heavy (non-hydrogen) atoms. The molecule has 8 nitrogen and oxygen atoms in total. The summed E-state index contributed by atoms with van der Waals surface area (Å²) in [5.41, 5.74) is 0.373. The molecule has 2 rings (SSSR count).